The first kappa shape index (κ1) is 114. The van der Waals surface area contributed by atoms with Gasteiger partial charge in [-0.05, 0) is 156 Å². The summed E-state index contributed by atoms with van der Waals surface area (Å²) in [6.45, 7) is 3.19. The number of nitrogens with two attached hydrogens (primary N) is 9. The molecule has 0 bridgehead atoms. The van der Waals surface area contributed by atoms with Gasteiger partial charge in [-0.1, -0.05) is 0 Å². The maximum atomic E-state index is 14.1. The smallest absolute Gasteiger partial charge is 0.326 e. The molecule has 0 aromatic carbocycles. The quantitative estimate of drug-likeness (QED) is 0.0153. The fraction of sp³-hybridized carbons (Fsp3) is 0.699. The van der Waals surface area contributed by atoms with Crippen LogP contribution in [0.25, 0.3) is 0 Å². The maximum Gasteiger partial charge on any atom is 0.326 e. The van der Waals surface area contributed by atoms with E-state index in [1.807, 2.05) is 0 Å². The molecule has 0 aliphatic carbocycles. The topological polar surface area (TPSA) is 893 Å². The number of carbonyl (C=O) groups excluding carboxylic acids is 18. The second-order valence-corrected chi connectivity index (χ2v) is 29.2. The zero-order valence-electron chi connectivity index (χ0n) is 72.1. The molecule has 0 saturated heterocycles. The molecule has 0 saturated carbocycles. The van der Waals surface area contributed by atoms with Crippen molar-refractivity contribution in [3.8, 4) is 0 Å². The minimum Gasteiger partial charge on any atom is -0.480 e. The molecule has 14 atom stereocenters. The van der Waals surface area contributed by atoms with Gasteiger partial charge in [0.1, 0.15) is 78.5 Å². The first-order valence-electron chi connectivity index (χ1n) is 41.1. The molecule has 0 heterocycles. The zero-order chi connectivity index (χ0) is 95.6. The number of hydrogen-bond donors (Lipinski definition) is 31. The highest BCUT2D eigenvalue weighted by Crippen LogP contribution is 2.11. The zero-order valence-corrected chi connectivity index (χ0v) is 72.1. The first-order chi connectivity index (χ1) is 59.4. The third-order valence-corrected chi connectivity index (χ3v) is 18.2. The van der Waals surface area contributed by atoms with Crippen molar-refractivity contribution in [1.29, 1.82) is 0 Å². The summed E-state index contributed by atoms with van der Waals surface area (Å²) < 4.78 is 0. The fourth-order valence-corrected chi connectivity index (χ4v) is 11.2. The van der Waals surface area contributed by atoms with Crippen molar-refractivity contribution in [2.45, 2.75) is 242 Å². The van der Waals surface area contributed by atoms with Gasteiger partial charge in [0.05, 0.1) is 45.5 Å². The summed E-state index contributed by atoms with van der Waals surface area (Å²) in [6, 6.07) is -19.2. The Morgan fingerprint density at radius 2 is 0.587 bits per heavy atom. The van der Waals surface area contributed by atoms with Crippen molar-refractivity contribution in [1.82, 2.24) is 95.7 Å². The molecule has 0 aliphatic rings. The SMILES string of the molecule is CC(=O)NCCCC[C@H](NC(=O)CNC(=O)CNC(=O)[C@@H](NC(=O)[C@H](CCCCNC(C)=O)NC(=O)CNC(=O)[C@H](CCCN=C(N)N)NC(=O)CNC(=O)[C@@H](N)CO)[C@@H](C)O)C(=O)N[C@@H](C)C(=O)N[C@@H](CCCN=C(N)N)C(=O)N[C@@H](C)C(=O)N[C@@H](CCCCN)C(=O)N[C@@H](C)C(=O)N[C@@H](CCCCN)C(=O)N[C@@H](CO)C(=O)N[C@@H](CCCN=C(N)N)C(=O)O. The van der Waals surface area contributed by atoms with E-state index in [1.165, 1.54) is 34.6 Å². The molecule has 0 unspecified atom stereocenters. The van der Waals surface area contributed by atoms with Crippen molar-refractivity contribution in [2.75, 3.05) is 85.2 Å². The summed E-state index contributed by atoms with van der Waals surface area (Å²) in [5, 5.41) is 83.0. The van der Waals surface area contributed by atoms with Gasteiger partial charge in [-0.15, -0.1) is 0 Å². The van der Waals surface area contributed by atoms with Crippen LogP contribution in [0.1, 0.15) is 157 Å². The standard InChI is InChI=1S/C73H134N30O23/c1-38(60(115)100-50(23-16-30-86-72(79)80)65(120)94-39(2)58(113)98-48(18-7-11-25-74)64(119)93-40(3)59(114)99-49(19-8-12-26-75)66(121)102-52(37-105)68(123)101-51(70(125)126)24-17-31-87-73(81)82)92-63(118)46(20-9-13-27-83-42(5)107)96-54(110)33-88-53(109)32-91-69(124)57(41(4)106)103-67(122)47(21-10-14-28-84-43(6)108)97-56(112)35-90-62(117)45(22-15-29-85-71(77)78)95-55(111)34-89-61(116)44(76)36-104/h38-41,44-52,57,104-106H,7-37,74-76H2,1-6H3,(H,83,107)(H,84,108)(H,88,109)(H,89,116)(H,90,117)(H,91,124)(H,92,118)(H,93,119)(H,94,120)(H,95,111)(H,96,110)(H,97,112)(H,98,113)(H,99,114)(H,100,115)(H,101,123)(H,102,121)(H,103,122)(H,125,126)(H4,77,78,85)(H4,79,80,86)(H4,81,82,87)/t38-,39-,40-,41+,44-,45-,46-,47-,48-,49-,50-,51-,52-,57-/m0/s1. The molecule has 714 valence electrons. The van der Waals surface area contributed by atoms with Crippen molar-refractivity contribution in [3.05, 3.63) is 0 Å². The highest BCUT2D eigenvalue weighted by Gasteiger charge is 2.36. The number of guanidine groups is 3. The number of carbonyl (C=O) groups is 19. The van der Waals surface area contributed by atoms with Gasteiger partial charge < -0.3 is 168 Å². The second kappa shape index (κ2) is 64.3. The third kappa shape index (κ3) is 51.6. The summed E-state index contributed by atoms with van der Waals surface area (Å²) in [6.07, 6.45) is 0.0282. The van der Waals surface area contributed by atoms with Gasteiger partial charge >= 0.3 is 5.97 Å². The number of amides is 18. The molecule has 0 aromatic heterocycles. The number of rotatable bonds is 66. The van der Waals surface area contributed by atoms with Crippen LogP contribution in [-0.4, -0.2) is 320 Å². The van der Waals surface area contributed by atoms with E-state index in [-0.39, 0.29) is 178 Å². The summed E-state index contributed by atoms with van der Waals surface area (Å²) >= 11 is 0. The summed E-state index contributed by atoms with van der Waals surface area (Å²) in [5.41, 5.74) is 49.3. The van der Waals surface area contributed by atoms with Crippen molar-refractivity contribution >= 4 is 130 Å². The van der Waals surface area contributed by atoms with Gasteiger partial charge in [-0.25, -0.2) is 4.79 Å². The Kier molecular flexibility index (Phi) is 57.9. The van der Waals surface area contributed by atoms with Gasteiger partial charge in [0.15, 0.2) is 17.9 Å². The van der Waals surface area contributed by atoms with E-state index in [0.29, 0.717) is 12.8 Å². The van der Waals surface area contributed by atoms with Gasteiger partial charge in [0.25, 0.3) is 0 Å². The number of carboxylic acids is 1. The van der Waals surface area contributed by atoms with Gasteiger partial charge in [0.2, 0.25) is 106 Å². The van der Waals surface area contributed by atoms with Crippen LogP contribution in [0.3, 0.4) is 0 Å². The average Bonchev–Trinajstić information content (AvgIpc) is 0.869. The molecular weight excluding hydrogens is 1660 g/mol. The number of hydrogen-bond acceptors (Lipinski definition) is 28. The molecule has 53 nitrogen and oxygen atoms in total. The molecule has 0 fully saturated rings. The molecule has 0 radical (unpaired) electrons. The molecule has 0 aliphatic heterocycles. The number of nitrogens with zero attached hydrogens (tertiary/aromatic N) is 3. The van der Waals surface area contributed by atoms with E-state index in [9.17, 15) is 106 Å². The minimum atomic E-state index is -1.81. The maximum absolute atomic E-state index is 14.1. The van der Waals surface area contributed by atoms with Gasteiger partial charge in [0, 0.05) is 46.6 Å². The number of aliphatic hydroxyl groups is 3. The van der Waals surface area contributed by atoms with Crippen LogP contribution in [-0.2, 0) is 91.1 Å². The molecule has 40 N–H and O–H groups in total. The Hall–Kier alpha value is -12.5. The Balaban J connectivity index is 6.50. The molecule has 53 heteroatoms. The Bertz CT molecular complexity index is 3660. The Morgan fingerprint density at radius 1 is 0.302 bits per heavy atom. The molecule has 126 heavy (non-hydrogen) atoms. The van der Waals surface area contributed by atoms with E-state index < -0.39 is 225 Å². The third-order valence-electron chi connectivity index (χ3n) is 18.2. The highest BCUT2D eigenvalue weighted by molar-refractivity contribution is 6.00. The monoisotopic (exact) mass is 1800 g/mol. The van der Waals surface area contributed by atoms with E-state index in [4.69, 9.17) is 56.7 Å². The van der Waals surface area contributed by atoms with E-state index in [1.54, 1.807) is 0 Å². The lowest BCUT2D eigenvalue weighted by Crippen LogP contribution is -2.60. The lowest BCUT2D eigenvalue weighted by Gasteiger charge is -2.26. The summed E-state index contributed by atoms with van der Waals surface area (Å²) in [4.78, 5) is 263. The normalized spacial score (nSPS) is 14.1. The summed E-state index contributed by atoms with van der Waals surface area (Å²) in [5.74, 6) is -18.4. The molecule has 0 spiro atoms. The molecule has 0 rings (SSSR count). The first-order valence-corrected chi connectivity index (χ1v) is 41.1. The summed E-state index contributed by atoms with van der Waals surface area (Å²) in [7, 11) is 0. The Labute approximate surface area is 728 Å². The number of unbranched alkanes of at least 4 members (excludes halogenated alkanes) is 4. The Morgan fingerprint density at radius 3 is 0.929 bits per heavy atom. The van der Waals surface area contributed by atoms with Crippen molar-refractivity contribution in [3.63, 3.8) is 0 Å². The van der Waals surface area contributed by atoms with Crippen LogP contribution in [0.15, 0.2) is 15.0 Å². The van der Waals surface area contributed by atoms with Gasteiger partial charge in [-0.2, -0.15) is 0 Å². The second-order valence-electron chi connectivity index (χ2n) is 29.2. The lowest BCUT2D eigenvalue weighted by atomic mass is 10.1. The van der Waals surface area contributed by atoms with Crippen LogP contribution in [0.4, 0.5) is 0 Å². The fourth-order valence-electron chi connectivity index (χ4n) is 11.2. The molecular formula is C73H134N30O23. The van der Waals surface area contributed by atoms with Gasteiger partial charge in [-0.3, -0.25) is 101 Å². The van der Waals surface area contributed by atoms with Crippen molar-refractivity contribution < 1.29 is 112 Å². The lowest BCUT2D eigenvalue weighted by molar-refractivity contribution is -0.143. The predicted molar refractivity (Wildman–Crippen MR) is 454 cm³/mol. The number of aliphatic carboxylic acids is 1. The number of carboxylic acid groups (broad SMARTS) is 1. The van der Waals surface area contributed by atoms with Crippen LogP contribution in [0.5, 0.6) is 0 Å². The van der Waals surface area contributed by atoms with Crippen LogP contribution in [0.2, 0.25) is 0 Å². The highest BCUT2D eigenvalue weighted by atomic mass is 16.4. The van der Waals surface area contributed by atoms with Crippen LogP contribution in [0, 0.1) is 0 Å². The number of aliphatic imine (C=N–C) groups is 3. The predicted octanol–water partition coefficient (Wildman–Crippen LogP) is -14.9. The number of aliphatic hydroxyl groups excluding tert-OH is 3. The van der Waals surface area contributed by atoms with Crippen LogP contribution < -0.4 is 147 Å². The number of nitrogens with one attached hydrogen (secondary N) is 18. The van der Waals surface area contributed by atoms with E-state index in [2.05, 4.69) is 111 Å². The van der Waals surface area contributed by atoms with E-state index >= 15 is 0 Å². The molecule has 0 aromatic rings. The molecule has 18 amide bonds. The van der Waals surface area contributed by atoms with Crippen molar-refractivity contribution in [2.24, 2.45) is 66.6 Å². The van der Waals surface area contributed by atoms with Crippen LogP contribution >= 0.6 is 0 Å². The average molecular weight is 1800 g/mol. The minimum absolute atomic E-state index is 0.0202. The van der Waals surface area contributed by atoms with E-state index in [0.717, 1.165) is 6.92 Å². The largest absolute Gasteiger partial charge is 0.480 e.